The maximum atomic E-state index is 11.6. The van der Waals surface area contributed by atoms with Gasteiger partial charge in [-0.05, 0) is 42.0 Å². The summed E-state index contributed by atoms with van der Waals surface area (Å²) in [5.74, 6) is -0.363. The Morgan fingerprint density at radius 1 is 1.12 bits per heavy atom. The third kappa shape index (κ3) is 3.29. The van der Waals surface area contributed by atoms with E-state index >= 15 is 0 Å². The first-order valence-electron chi connectivity index (χ1n) is 5.07. The van der Waals surface area contributed by atoms with Crippen LogP contribution in [-0.4, -0.2) is 11.0 Å². The fourth-order valence-corrected chi connectivity index (χ4v) is 1.42. The maximum absolute atomic E-state index is 11.6. The van der Waals surface area contributed by atoms with Crippen molar-refractivity contribution in [3.05, 3.63) is 64.9 Å². The minimum Gasteiger partial charge on any atom is -0.457 e. The average molecular weight is 248 g/mol. The molecule has 0 amide bonds. The first-order valence-corrected chi connectivity index (χ1v) is 5.45. The van der Waals surface area contributed by atoms with Crippen LogP contribution in [0.25, 0.3) is 0 Å². The van der Waals surface area contributed by atoms with Gasteiger partial charge >= 0.3 is 5.97 Å². The fourth-order valence-electron chi connectivity index (χ4n) is 1.30. The Hall–Kier alpha value is -1.87. The number of halogens is 1. The minimum absolute atomic E-state index is 0.240. The second kappa shape index (κ2) is 5.46. The molecule has 0 N–H and O–H groups in total. The molecule has 0 fully saturated rings. The summed E-state index contributed by atoms with van der Waals surface area (Å²) in [7, 11) is 0. The molecule has 17 heavy (non-hydrogen) atoms. The Labute approximate surface area is 104 Å². The molecule has 2 aromatic rings. The monoisotopic (exact) mass is 247 g/mol. The van der Waals surface area contributed by atoms with Crippen LogP contribution >= 0.6 is 11.6 Å². The van der Waals surface area contributed by atoms with E-state index < -0.39 is 0 Å². The number of rotatable bonds is 3. The van der Waals surface area contributed by atoms with Crippen LogP contribution in [0, 0.1) is 0 Å². The van der Waals surface area contributed by atoms with E-state index in [0.29, 0.717) is 10.6 Å². The summed E-state index contributed by atoms with van der Waals surface area (Å²) >= 11 is 5.73. The molecule has 0 saturated heterocycles. The summed E-state index contributed by atoms with van der Waals surface area (Å²) in [5, 5.41) is 0.593. The van der Waals surface area contributed by atoms with E-state index in [2.05, 4.69) is 4.98 Å². The minimum atomic E-state index is -0.363. The van der Waals surface area contributed by atoms with Crippen molar-refractivity contribution in [1.29, 1.82) is 0 Å². The lowest BCUT2D eigenvalue weighted by Gasteiger charge is -2.04. The van der Waals surface area contributed by atoms with E-state index in [-0.39, 0.29) is 12.6 Å². The maximum Gasteiger partial charge on any atom is 0.338 e. The lowest BCUT2D eigenvalue weighted by molar-refractivity contribution is 0.0472. The summed E-state index contributed by atoms with van der Waals surface area (Å²) in [6, 6.07) is 10.2. The Morgan fingerprint density at radius 3 is 2.41 bits per heavy atom. The molecule has 2 rings (SSSR count). The molecule has 0 unspecified atom stereocenters. The van der Waals surface area contributed by atoms with Crippen molar-refractivity contribution in [2.24, 2.45) is 0 Å². The van der Waals surface area contributed by atoms with Crippen molar-refractivity contribution in [3.63, 3.8) is 0 Å². The van der Waals surface area contributed by atoms with Gasteiger partial charge in [-0.3, -0.25) is 4.98 Å². The van der Waals surface area contributed by atoms with Crippen molar-refractivity contribution in [2.75, 3.05) is 0 Å². The van der Waals surface area contributed by atoms with E-state index in [1.807, 2.05) is 0 Å². The van der Waals surface area contributed by atoms with E-state index in [1.54, 1.807) is 48.8 Å². The van der Waals surface area contributed by atoms with Crippen molar-refractivity contribution in [3.8, 4) is 0 Å². The van der Waals surface area contributed by atoms with Crippen LogP contribution in [0.1, 0.15) is 15.9 Å². The Balaban J connectivity index is 1.96. The van der Waals surface area contributed by atoms with Gasteiger partial charge in [-0.15, -0.1) is 0 Å². The molecule has 0 radical (unpaired) electrons. The molecule has 0 aliphatic heterocycles. The topological polar surface area (TPSA) is 39.2 Å². The van der Waals surface area contributed by atoms with Gasteiger partial charge in [0.1, 0.15) is 6.61 Å². The molecule has 0 aliphatic carbocycles. The zero-order valence-electron chi connectivity index (χ0n) is 8.97. The Morgan fingerprint density at radius 2 is 1.76 bits per heavy atom. The van der Waals surface area contributed by atoms with Crippen LogP contribution < -0.4 is 0 Å². The number of carbonyl (C=O) groups excluding carboxylic acids is 1. The summed E-state index contributed by atoms with van der Waals surface area (Å²) in [6.07, 6.45) is 3.32. The zero-order valence-corrected chi connectivity index (χ0v) is 9.72. The molecule has 4 heteroatoms. The average Bonchev–Trinajstić information content (AvgIpc) is 2.38. The molecular weight excluding hydrogens is 238 g/mol. The largest absolute Gasteiger partial charge is 0.457 e. The van der Waals surface area contributed by atoms with E-state index in [0.717, 1.165) is 5.56 Å². The quantitative estimate of drug-likeness (QED) is 0.783. The van der Waals surface area contributed by atoms with Gasteiger partial charge in [-0.25, -0.2) is 4.79 Å². The number of hydrogen-bond acceptors (Lipinski definition) is 3. The van der Waals surface area contributed by atoms with Crippen molar-refractivity contribution >= 4 is 17.6 Å². The molecule has 1 aromatic carbocycles. The van der Waals surface area contributed by atoms with Gasteiger partial charge in [-0.1, -0.05) is 11.6 Å². The SMILES string of the molecule is O=C(OCc1ccncc1)c1ccc(Cl)cc1. The first kappa shape index (κ1) is 11.6. The van der Waals surface area contributed by atoms with Crippen LogP contribution in [0.5, 0.6) is 0 Å². The molecule has 3 nitrogen and oxygen atoms in total. The van der Waals surface area contributed by atoms with Gasteiger partial charge in [0.25, 0.3) is 0 Å². The molecule has 0 spiro atoms. The first-order chi connectivity index (χ1) is 8.25. The summed E-state index contributed by atoms with van der Waals surface area (Å²) in [5.41, 5.74) is 1.39. The second-order valence-electron chi connectivity index (χ2n) is 3.44. The number of esters is 1. The van der Waals surface area contributed by atoms with Crippen molar-refractivity contribution in [2.45, 2.75) is 6.61 Å². The molecule has 1 heterocycles. The number of carbonyl (C=O) groups is 1. The molecule has 86 valence electrons. The number of pyridine rings is 1. The summed E-state index contributed by atoms with van der Waals surface area (Å²) in [6.45, 7) is 0.240. The molecule has 0 atom stereocenters. The summed E-state index contributed by atoms with van der Waals surface area (Å²) < 4.78 is 5.14. The highest BCUT2D eigenvalue weighted by molar-refractivity contribution is 6.30. The molecule has 0 bridgehead atoms. The normalized spacial score (nSPS) is 9.94. The van der Waals surface area contributed by atoms with E-state index in [9.17, 15) is 4.79 Å². The van der Waals surface area contributed by atoms with Crippen LogP contribution in [-0.2, 0) is 11.3 Å². The highest BCUT2D eigenvalue weighted by Gasteiger charge is 2.06. The smallest absolute Gasteiger partial charge is 0.338 e. The van der Waals surface area contributed by atoms with Crippen LogP contribution in [0.4, 0.5) is 0 Å². The van der Waals surface area contributed by atoms with Gasteiger partial charge in [-0.2, -0.15) is 0 Å². The fraction of sp³-hybridized carbons (Fsp3) is 0.0769. The lowest BCUT2D eigenvalue weighted by atomic mass is 10.2. The number of ether oxygens (including phenoxy) is 1. The third-order valence-corrected chi connectivity index (χ3v) is 2.45. The predicted octanol–water partition coefficient (Wildman–Crippen LogP) is 3.09. The second-order valence-corrected chi connectivity index (χ2v) is 3.87. The zero-order chi connectivity index (χ0) is 12.1. The van der Waals surface area contributed by atoms with Crippen molar-refractivity contribution < 1.29 is 9.53 Å². The highest BCUT2D eigenvalue weighted by atomic mass is 35.5. The van der Waals surface area contributed by atoms with Gasteiger partial charge in [0.05, 0.1) is 5.56 Å². The van der Waals surface area contributed by atoms with Crippen molar-refractivity contribution in [1.82, 2.24) is 4.98 Å². The van der Waals surface area contributed by atoms with Crippen LogP contribution in [0.3, 0.4) is 0 Å². The van der Waals surface area contributed by atoms with E-state index in [1.165, 1.54) is 0 Å². The lowest BCUT2D eigenvalue weighted by Crippen LogP contribution is -2.04. The predicted molar refractivity (Wildman–Crippen MR) is 64.8 cm³/mol. The van der Waals surface area contributed by atoms with Gasteiger partial charge < -0.3 is 4.74 Å². The summed E-state index contributed by atoms with van der Waals surface area (Å²) in [4.78, 5) is 15.5. The van der Waals surface area contributed by atoms with Crippen LogP contribution in [0.2, 0.25) is 5.02 Å². The Kier molecular flexibility index (Phi) is 3.73. The van der Waals surface area contributed by atoms with Gasteiger partial charge in [0.15, 0.2) is 0 Å². The van der Waals surface area contributed by atoms with E-state index in [4.69, 9.17) is 16.3 Å². The number of nitrogens with zero attached hydrogens (tertiary/aromatic N) is 1. The third-order valence-electron chi connectivity index (χ3n) is 2.20. The molecule has 1 aromatic heterocycles. The van der Waals surface area contributed by atoms with Gasteiger partial charge in [0, 0.05) is 17.4 Å². The highest BCUT2D eigenvalue weighted by Crippen LogP contribution is 2.11. The number of benzene rings is 1. The molecule has 0 saturated carbocycles. The van der Waals surface area contributed by atoms with Crippen LogP contribution in [0.15, 0.2) is 48.8 Å². The Bertz CT molecular complexity index is 497. The number of hydrogen-bond donors (Lipinski definition) is 0. The number of aromatic nitrogens is 1. The molecule has 0 aliphatic rings. The van der Waals surface area contributed by atoms with Gasteiger partial charge in [0.2, 0.25) is 0 Å². The molecular formula is C13H10ClNO2. The standard InChI is InChI=1S/C13H10ClNO2/c14-12-3-1-11(2-4-12)13(16)17-9-10-5-7-15-8-6-10/h1-8H,9H2.